The molecule has 4 saturated carbocycles. The maximum Gasteiger partial charge on any atom is 0.135 e. The number of furan rings is 1. The van der Waals surface area contributed by atoms with Crippen LogP contribution in [0.1, 0.15) is 43.2 Å². The van der Waals surface area contributed by atoms with Crippen molar-refractivity contribution < 1.29 is 4.42 Å². The van der Waals surface area contributed by atoms with Crippen molar-refractivity contribution in [2.75, 3.05) is 4.90 Å². The topological polar surface area (TPSA) is 16.4 Å². The summed E-state index contributed by atoms with van der Waals surface area (Å²) in [6.45, 7) is 0. The van der Waals surface area contributed by atoms with Gasteiger partial charge in [-0.15, -0.1) is 0 Å². The van der Waals surface area contributed by atoms with Crippen molar-refractivity contribution in [1.82, 2.24) is 0 Å². The zero-order valence-corrected chi connectivity index (χ0v) is 33.6. The smallest absolute Gasteiger partial charge is 0.135 e. The summed E-state index contributed by atoms with van der Waals surface area (Å²) < 4.78 is 6.16. The van der Waals surface area contributed by atoms with E-state index in [1.54, 1.807) is 11.1 Å². The van der Waals surface area contributed by atoms with Gasteiger partial charge in [-0.2, -0.15) is 0 Å². The van der Waals surface area contributed by atoms with Crippen LogP contribution < -0.4 is 4.90 Å². The minimum absolute atomic E-state index is 0.198. The van der Waals surface area contributed by atoms with Gasteiger partial charge < -0.3 is 9.32 Å². The Hall–Kier alpha value is -6.64. The highest BCUT2D eigenvalue weighted by Crippen LogP contribution is 2.70. The molecule has 288 valence electrons. The first kappa shape index (κ1) is 34.2. The number of rotatable bonds is 6. The van der Waals surface area contributed by atoms with Crippen molar-refractivity contribution in [2.45, 2.75) is 37.5 Å². The third-order valence-corrected chi connectivity index (χ3v) is 15.1. The summed E-state index contributed by atoms with van der Waals surface area (Å²) in [5.41, 5.74) is 19.1. The molecule has 4 bridgehead atoms. The number of hydrogen-bond acceptors (Lipinski definition) is 2. The van der Waals surface area contributed by atoms with E-state index < -0.39 is 0 Å². The van der Waals surface area contributed by atoms with Crippen molar-refractivity contribution in [1.29, 1.82) is 0 Å². The van der Waals surface area contributed by atoms with E-state index in [2.05, 4.69) is 181 Å². The fourth-order valence-corrected chi connectivity index (χ4v) is 12.8. The van der Waals surface area contributed by atoms with Crippen LogP contribution in [-0.2, 0) is 5.41 Å². The molecule has 0 N–H and O–H groups in total. The van der Waals surface area contributed by atoms with E-state index in [0.29, 0.717) is 0 Å². The molecule has 60 heavy (non-hydrogen) atoms. The number of hydrogen-bond donors (Lipinski definition) is 0. The van der Waals surface area contributed by atoms with E-state index in [4.69, 9.17) is 4.42 Å². The summed E-state index contributed by atoms with van der Waals surface area (Å²) in [5.74, 6) is 3.47. The number of nitrogens with zero attached hydrogens (tertiary/aromatic N) is 1. The monoisotopic (exact) mass is 771 g/mol. The molecule has 2 nitrogen and oxygen atoms in total. The Bertz CT molecular complexity index is 3050. The minimum Gasteiger partial charge on any atom is -0.456 e. The molecule has 1 spiro atoms. The molecule has 1 aromatic heterocycles. The lowest BCUT2D eigenvalue weighted by atomic mass is 9.43. The second kappa shape index (κ2) is 13.2. The molecular formula is C58H45NO. The van der Waals surface area contributed by atoms with Gasteiger partial charge in [-0.05, 0) is 160 Å². The Morgan fingerprint density at radius 3 is 1.60 bits per heavy atom. The summed E-state index contributed by atoms with van der Waals surface area (Å²) in [6.07, 6.45) is 7.15. The zero-order chi connectivity index (χ0) is 39.4. The Kier molecular flexibility index (Phi) is 7.52. The predicted molar refractivity (Wildman–Crippen MR) is 248 cm³/mol. The summed E-state index contributed by atoms with van der Waals surface area (Å²) in [5, 5.41) is 2.25. The molecule has 0 radical (unpaired) electrons. The largest absolute Gasteiger partial charge is 0.456 e. The van der Waals surface area contributed by atoms with Gasteiger partial charge >= 0.3 is 0 Å². The van der Waals surface area contributed by atoms with Crippen LogP contribution in [0.3, 0.4) is 0 Å². The maximum atomic E-state index is 6.16. The lowest BCUT2D eigenvalue weighted by molar-refractivity contribution is -0.0399. The van der Waals surface area contributed by atoms with Crippen LogP contribution in [0, 0.1) is 23.7 Å². The van der Waals surface area contributed by atoms with Crippen molar-refractivity contribution in [3.8, 4) is 44.5 Å². The van der Waals surface area contributed by atoms with Gasteiger partial charge in [-0.25, -0.2) is 0 Å². The van der Waals surface area contributed by atoms with Gasteiger partial charge in [0.1, 0.15) is 11.2 Å². The Balaban J connectivity index is 0.792. The highest BCUT2D eigenvalue weighted by Gasteiger charge is 2.61. The molecule has 0 aliphatic heterocycles. The van der Waals surface area contributed by atoms with E-state index >= 15 is 0 Å². The third kappa shape index (κ3) is 5.07. The molecule has 0 amide bonds. The van der Waals surface area contributed by atoms with Crippen LogP contribution in [0.4, 0.5) is 17.1 Å². The molecule has 5 aliphatic rings. The number of para-hydroxylation sites is 2. The fourth-order valence-electron chi connectivity index (χ4n) is 12.8. The Labute approximate surface area is 351 Å². The molecule has 9 aromatic rings. The number of anilines is 3. The molecule has 1 heterocycles. The zero-order valence-electron chi connectivity index (χ0n) is 33.6. The first-order valence-electron chi connectivity index (χ1n) is 22.0. The average molecular weight is 772 g/mol. The Morgan fingerprint density at radius 2 is 0.900 bits per heavy atom. The quantitative estimate of drug-likeness (QED) is 0.167. The van der Waals surface area contributed by atoms with Gasteiger partial charge in [0.25, 0.3) is 0 Å². The third-order valence-electron chi connectivity index (χ3n) is 15.1. The highest BCUT2D eigenvalue weighted by molar-refractivity contribution is 6.06. The van der Waals surface area contributed by atoms with Gasteiger partial charge in [-0.1, -0.05) is 140 Å². The lowest BCUT2D eigenvalue weighted by Gasteiger charge is -2.61. The van der Waals surface area contributed by atoms with Crippen LogP contribution >= 0.6 is 0 Å². The van der Waals surface area contributed by atoms with Gasteiger partial charge in [-0.3, -0.25) is 0 Å². The second-order valence-electron chi connectivity index (χ2n) is 18.1. The number of fused-ring (bicyclic) bond motifs is 6. The Morgan fingerprint density at radius 1 is 0.383 bits per heavy atom. The van der Waals surface area contributed by atoms with E-state index in [-0.39, 0.29) is 5.41 Å². The van der Waals surface area contributed by atoms with Crippen molar-refractivity contribution in [3.63, 3.8) is 0 Å². The first-order chi connectivity index (χ1) is 29.7. The van der Waals surface area contributed by atoms with Crippen LogP contribution in [0.2, 0.25) is 0 Å². The molecule has 5 aliphatic carbocycles. The van der Waals surface area contributed by atoms with Crippen LogP contribution in [0.15, 0.2) is 192 Å². The predicted octanol–water partition coefficient (Wildman–Crippen LogP) is 15.8. The van der Waals surface area contributed by atoms with Crippen molar-refractivity contribution in [3.05, 3.63) is 199 Å². The molecule has 2 heteroatoms. The minimum atomic E-state index is 0.198. The van der Waals surface area contributed by atoms with Crippen LogP contribution in [-0.4, -0.2) is 0 Å². The molecule has 0 atom stereocenters. The molecule has 8 aromatic carbocycles. The average Bonchev–Trinajstić information content (AvgIpc) is 3.83. The van der Waals surface area contributed by atoms with Crippen LogP contribution in [0.5, 0.6) is 0 Å². The van der Waals surface area contributed by atoms with Crippen molar-refractivity contribution >= 4 is 39.0 Å². The SMILES string of the molecule is c1ccc(N(c2ccc(-c3ccc(-c4ccc(-c5cccc6c5-c5ccccc5C65C6CC7CC(C6)CC5C7)cc4)cc3)cc2)c2ccc3oc4ccccc4c3c2)cc1. The summed E-state index contributed by atoms with van der Waals surface area (Å²) in [7, 11) is 0. The van der Waals surface area contributed by atoms with Crippen molar-refractivity contribution in [2.24, 2.45) is 23.7 Å². The standard InChI is InChI=1S/C58H45NO/c1-2-9-46(10-3-1)59(48-29-30-56-52(36-48)50-11-5-7-16-55(50)60-56)47-27-25-42(26-28-47)40-19-17-39(18-20-40)41-21-23-43(24-22-41)49-13-8-15-54-57(49)51-12-4-6-14-53(51)58(54)44-32-37-31-38(34-44)35-45(58)33-37/h1-30,36-38,44-45H,31-35H2. The molecule has 0 unspecified atom stereocenters. The van der Waals surface area contributed by atoms with Gasteiger partial charge in [0.05, 0.1) is 0 Å². The van der Waals surface area contributed by atoms with Gasteiger partial charge in [0.2, 0.25) is 0 Å². The molecule has 0 saturated heterocycles. The summed E-state index contributed by atoms with van der Waals surface area (Å²) >= 11 is 0. The molecule has 4 fully saturated rings. The van der Waals surface area contributed by atoms with E-state index in [1.165, 1.54) is 76.6 Å². The molecule has 14 rings (SSSR count). The summed E-state index contributed by atoms with van der Waals surface area (Å²) in [6, 6.07) is 69.4. The summed E-state index contributed by atoms with van der Waals surface area (Å²) in [4.78, 5) is 2.32. The fraction of sp³-hybridized carbons (Fsp3) is 0.172. The second-order valence-corrected chi connectivity index (χ2v) is 18.1. The van der Waals surface area contributed by atoms with E-state index in [1.807, 2.05) is 12.1 Å². The first-order valence-corrected chi connectivity index (χ1v) is 22.0. The van der Waals surface area contributed by atoms with Gasteiger partial charge in [0.15, 0.2) is 0 Å². The highest BCUT2D eigenvalue weighted by atomic mass is 16.3. The van der Waals surface area contributed by atoms with Gasteiger partial charge in [0, 0.05) is 33.2 Å². The maximum absolute atomic E-state index is 6.16. The normalized spacial score (nSPS) is 22.1. The lowest BCUT2D eigenvalue weighted by Crippen LogP contribution is -2.55. The molecular weight excluding hydrogens is 727 g/mol. The van der Waals surface area contributed by atoms with E-state index in [0.717, 1.165) is 62.7 Å². The number of benzene rings is 8. The van der Waals surface area contributed by atoms with Crippen LogP contribution in [0.25, 0.3) is 66.4 Å². The van der Waals surface area contributed by atoms with E-state index in [9.17, 15) is 0 Å².